The number of aliphatic hydroxyl groups excluding tert-OH is 1. The summed E-state index contributed by atoms with van der Waals surface area (Å²) in [6.07, 6.45) is 57.5. The fourth-order valence-electron chi connectivity index (χ4n) is 8.18. The number of carbonyl (C=O) groups excluding carboxylic acids is 2. The number of ether oxygens (including phenoxy) is 2. The third kappa shape index (κ3) is 47.5. The minimum atomic E-state index is -1.43. The second-order valence-electron chi connectivity index (χ2n) is 18.0. The molecule has 0 aliphatic heterocycles. The minimum absolute atomic E-state index is 0.309. The molecule has 57 heavy (non-hydrogen) atoms. The molecular weight excluding hydrogens is 705 g/mol. The van der Waals surface area contributed by atoms with Crippen LogP contribution < -0.4 is 0 Å². The number of rotatable bonds is 49. The Balaban J connectivity index is 3.33. The summed E-state index contributed by atoms with van der Waals surface area (Å²) >= 11 is 0. The first-order valence-corrected chi connectivity index (χ1v) is 26.1. The molecule has 5 nitrogen and oxygen atoms in total. The first kappa shape index (κ1) is 55.9. The van der Waals surface area contributed by atoms with Crippen molar-refractivity contribution >= 4 is 11.9 Å². The highest BCUT2D eigenvalue weighted by atomic mass is 16.6. The van der Waals surface area contributed by atoms with E-state index in [1.165, 1.54) is 250 Å². The summed E-state index contributed by atoms with van der Waals surface area (Å²) in [5, 5.41) is 10.1. The van der Waals surface area contributed by atoms with Crippen molar-refractivity contribution in [3.8, 4) is 0 Å². The van der Waals surface area contributed by atoms with Crippen LogP contribution in [0, 0.1) is 0 Å². The number of carbonyl (C=O) groups is 2. The van der Waals surface area contributed by atoms with E-state index in [0.717, 1.165) is 32.1 Å². The maximum atomic E-state index is 12.1. The fourth-order valence-corrected chi connectivity index (χ4v) is 8.18. The Morgan fingerprint density at radius 1 is 0.316 bits per heavy atom. The van der Waals surface area contributed by atoms with E-state index >= 15 is 0 Å². The van der Waals surface area contributed by atoms with Gasteiger partial charge >= 0.3 is 11.9 Å². The van der Waals surface area contributed by atoms with Gasteiger partial charge in [-0.15, -0.1) is 0 Å². The molecule has 340 valence electrons. The van der Waals surface area contributed by atoms with E-state index in [9.17, 15) is 14.7 Å². The third-order valence-electron chi connectivity index (χ3n) is 12.1. The summed E-state index contributed by atoms with van der Waals surface area (Å²) in [5.41, 5.74) is 0. The van der Waals surface area contributed by atoms with Crippen molar-refractivity contribution in [3.05, 3.63) is 0 Å². The normalized spacial score (nSPS) is 12.0. The van der Waals surface area contributed by atoms with Crippen LogP contribution in [0.3, 0.4) is 0 Å². The van der Waals surface area contributed by atoms with E-state index in [-0.39, 0.29) is 6.42 Å². The van der Waals surface area contributed by atoms with Gasteiger partial charge in [0.05, 0.1) is 19.6 Å². The topological polar surface area (TPSA) is 72.8 Å². The molecule has 1 atom stereocenters. The molecule has 0 bridgehead atoms. The summed E-state index contributed by atoms with van der Waals surface area (Å²) in [7, 11) is 0. The molecule has 0 saturated carbocycles. The van der Waals surface area contributed by atoms with Crippen molar-refractivity contribution in [2.45, 2.75) is 309 Å². The average Bonchev–Trinajstić information content (AvgIpc) is 3.21. The Morgan fingerprint density at radius 3 is 0.737 bits per heavy atom. The van der Waals surface area contributed by atoms with Crippen molar-refractivity contribution in [2.24, 2.45) is 0 Å². The third-order valence-corrected chi connectivity index (χ3v) is 12.1. The number of unbranched alkanes of at least 4 members (excludes halogenated alkanes) is 42. The van der Waals surface area contributed by atoms with Gasteiger partial charge < -0.3 is 14.6 Å². The number of hydrogen-bond acceptors (Lipinski definition) is 5. The van der Waals surface area contributed by atoms with E-state index in [0.29, 0.717) is 13.2 Å². The van der Waals surface area contributed by atoms with Crippen LogP contribution in [0.15, 0.2) is 0 Å². The molecule has 1 unspecified atom stereocenters. The van der Waals surface area contributed by atoms with Gasteiger partial charge in [0.15, 0.2) is 6.10 Å². The first-order chi connectivity index (χ1) is 28.1. The van der Waals surface area contributed by atoms with Crippen LogP contribution in [0.4, 0.5) is 0 Å². The predicted octanol–water partition coefficient (Wildman–Crippen LogP) is 17.0. The number of esters is 2. The second kappa shape index (κ2) is 49.3. The summed E-state index contributed by atoms with van der Waals surface area (Å²) in [6.45, 7) is 5.25. The van der Waals surface area contributed by atoms with Gasteiger partial charge in [0.1, 0.15) is 0 Å². The molecule has 0 aromatic carbocycles. The lowest BCUT2D eigenvalue weighted by molar-refractivity contribution is -0.160. The molecule has 1 N–H and O–H groups in total. The van der Waals surface area contributed by atoms with Gasteiger partial charge in [0.25, 0.3) is 0 Å². The van der Waals surface area contributed by atoms with Gasteiger partial charge in [-0.05, 0) is 12.8 Å². The number of hydrogen-bond donors (Lipinski definition) is 1. The minimum Gasteiger partial charge on any atom is -0.466 e. The van der Waals surface area contributed by atoms with Gasteiger partial charge in [-0.25, -0.2) is 4.79 Å². The van der Waals surface area contributed by atoms with Crippen LogP contribution in [-0.2, 0) is 19.1 Å². The van der Waals surface area contributed by atoms with E-state index in [2.05, 4.69) is 13.8 Å². The molecule has 0 saturated heterocycles. The van der Waals surface area contributed by atoms with Crippen LogP contribution in [0.25, 0.3) is 0 Å². The Kier molecular flexibility index (Phi) is 48.3. The summed E-state index contributed by atoms with van der Waals surface area (Å²) in [6, 6.07) is 0. The summed E-state index contributed by atoms with van der Waals surface area (Å²) < 4.78 is 10.5. The molecule has 0 aromatic rings. The van der Waals surface area contributed by atoms with Crippen molar-refractivity contribution in [2.75, 3.05) is 13.2 Å². The molecule has 5 heteroatoms. The second-order valence-corrected chi connectivity index (χ2v) is 18.0. The molecule has 0 aliphatic carbocycles. The number of aliphatic hydroxyl groups is 1. The predicted molar refractivity (Wildman–Crippen MR) is 247 cm³/mol. The van der Waals surface area contributed by atoms with Crippen LogP contribution in [-0.4, -0.2) is 36.4 Å². The first-order valence-electron chi connectivity index (χ1n) is 26.1. The largest absolute Gasteiger partial charge is 0.466 e. The van der Waals surface area contributed by atoms with Crippen LogP contribution in [0.5, 0.6) is 0 Å². The van der Waals surface area contributed by atoms with Crippen molar-refractivity contribution in [3.63, 3.8) is 0 Å². The zero-order valence-electron chi connectivity index (χ0n) is 38.9. The standard InChI is InChI=1S/C52H102O5/c1-3-5-7-9-11-13-15-17-19-21-23-25-27-29-31-33-35-37-39-41-43-45-47-56-51(54)49-50(53)52(55)57-48-46-44-42-40-38-36-34-32-30-28-26-24-22-20-18-16-14-12-10-8-6-4-2/h50,53H,3-49H2,1-2H3. The van der Waals surface area contributed by atoms with Gasteiger partial charge in [-0.2, -0.15) is 0 Å². The molecule has 0 aliphatic rings. The highest BCUT2D eigenvalue weighted by molar-refractivity contribution is 5.81. The van der Waals surface area contributed by atoms with Crippen LogP contribution in [0.2, 0.25) is 0 Å². The fraction of sp³-hybridized carbons (Fsp3) is 0.962. The highest BCUT2D eigenvalue weighted by Gasteiger charge is 2.21. The Bertz CT molecular complexity index is 784. The molecule has 0 aromatic heterocycles. The van der Waals surface area contributed by atoms with Crippen molar-refractivity contribution in [1.29, 1.82) is 0 Å². The van der Waals surface area contributed by atoms with Crippen LogP contribution >= 0.6 is 0 Å². The summed E-state index contributed by atoms with van der Waals surface area (Å²) in [4.78, 5) is 24.2. The molecule has 0 amide bonds. The van der Waals surface area contributed by atoms with Crippen molar-refractivity contribution in [1.82, 2.24) is 0 Å². The quantitative estimate of drug-likeness (QED) is 0.0490. The molecule has 0 heterocycles. The van der Waals surface area contributed by atoms with Gasteiger partial charge in [0.2, 0.25) is 0 Å². The Hall–Kier alpha value is -1.10. The van der Waals surface area contributed by atoms with Gasteiger partial charge in [-0.1, -0.05) is 284 Å². The molecule has 0 spiro atoms. The summed E-state index contributed by atoms with van der Waals surface area (Å²) in [5.74, 6) is -1.23. The van der Waals surface area contributed by atoms with Crippen molar-refractivity contribution < 1.29 is 24.2 Å². The van der Waals surface area contributed by atoms with E-state index < -0.39 is 18.0 Å². The van der Waals surface area contributed by atoms with Gasteiger partial charge in [-0.3, -0.25) is 4.79 Å². The lowest BCUT2D eigenvalue weighted by Crippen LogP contribution is -2.27. The maximum Gasteiger partial charge on any atom is 0.335 e. The van der Waals surface area contributed by atoms with Gasteiger partial charge in [0, 0.05) is 0 Å². The van der Waals surface area contributed by atoms with E-state index in [1.807, 2.05) is 0 Å². The molecular formula is C52H102O5. The van der Waals surface area contributed by atoms with E-state index in [1.54, 1.807) is 0 Å². The molecule has 0 fully saturated rings. The zero-order chi connectivity index (χ0) is 41.4. The lowest BCUT2D eigenvalue weighted by Gasteiger charge is -2.11. The zero-order valence-corrected chi connectivity index (χ0v) is 38.9. The maximum absolute atomic E-state index is 12.1. The Labute approximate surface area is 357 Å². The smallest absolute Gasteiger partial charge is 0.335 e. The molecule has 0 rings (SSSR count). The highest BCUT2D eigenvalue weighted by Crippen LogP contribution is 2.17. The molecule has 0 radical (unpaired) electrons. The Morgan fingerprint density at radius 2 is 0.509 bits per heavy atom. The SMILES string of the molecule is CCCCCCCCCCCCCCCCCCCCCCCCOC(=O)CC(O)C(=O)OCCCCCCCCCCCCCCCCCCCCCCCC. The van der Waals surface area contributed by atoms with E-state index in [4.69, 9.17) is 9.47 Å². The average molecular weight is 807 g/mol. The monoisotopic (exact) mass is 807 g/mol. The van der Waals surface area contributed by atoms with Crippen LogP contribution in [0.1, 0.15) is 303 Å². The lowest BCUT2D eigenvalue weighted by atomic mass is 10.0.